The zero-order valence-electron chi connectivity index (χ0n) is 15.1. The molecule has 0 unspecified atom stereocenters. The Bertz CT molecular complexity index is 511. The lowest BCUT2D eigenvalue weighted by Crippen LogP contribution is -2.10. The van der Waals surface area contributed by atoms with E-state index in [2.05, 4.69) is 50.7 Å². The Labute approximate surface area is 160 Å². The predicted molar refractivity (Wildman–Crippen MR) is 106 cm³/mol. The lowest BCUT2D eigenvalue weighted by molar-refractivity contribution is -0.140. The molecule has 1 aliphatic heterocycles. The van der Waals surface area contributed by atoms with Crippen molar-refractivity contribution in [3.8, 4) is 11.8 Å². The zero-order valence-corrected chi connectivity index (χ0v) is 16.7. The number of rotatable bonds is 10. The number of carbonyl (C=O) groups is 1. The molecule has 1 fully saturated rings. The summed E-state index contributed by atoms with van der Waals surface area (Å²) in [5, 5.41) is 0. The number of halogens is 1. The molecule has 0 aromatic rings. The number of methoxy groups -OCH3 is 1. The first-order chi connectivity index (χ1) is 12.3. The largest absolute Gasteiger partial charge is 0.469 e. The monoisotopic (exact) mass is 408 g/mol. The second kappa shape index (κ2) is 15.0. The van der Waals surface area contributed by atoms with Crippen molar-refractivity contribution in [3.05, 3.63) is 35.4 Å². The van der Waals surface area contributed by atoms with Crippen molar-refractivity contribution in [3.63, 3.8) is 0 Å². The van der Waals surface area contributed by atoms with Gasteiger partial charge >= 0.3 is 5.97 Å². The molecule has 0 aromatic carbocycles. The third-order valence-corrected chi connectivity index (χ3v) is 4.30. The van der Waals surface area contributed by atoms with E-state index < -0.39 is 0 Å². The highest BCUT2D eigenvalue weighted by Gasteiger charge is 2.23. The van der Waals surface area contributed by atoms with Gasteiger partial charge in [0, 0.05) is 6.42 Å². The summed E-state index contributed by atoms with van der Waals surface area (Å²) in [7, 11) is 1.42. The number of esters is 1. The molecule has 0 aliphatic carbocycles. The Hall–Kier alpha value is -1.31. The second-order valence-electron chi connectivity index (χ2n) is 6.01. The Morgan fingerprint density at radius 2 is 2.00 bits per heavy atom. The summed E-state index contributed by atoms with van der Waals surface area (Å²) in [6.45, 7) is 0. The molecular formula is C21H29BrO3. The topological polar surface area (TPSA) is 35.5 Å². The minimum Gasteiger partial charge on any atom is -0.469 e. The Morgan fingerprint density at radius 1 is 1.20 bits per heavy atom. The number of unbranched alkanes of at least 4 members (excludes halogenated alkanes) is 3. The van der Waals surface area contributed by atoms with Crippen molar-refractivity contribution >= 4 is 21.9 Å². The first-order valence-electron chi connectivity index (χ1n) is 9.06. The molecule has 1 aliphatic rings. The Balaban J connectivity index is 2.06. The molecule has 0 radical (unpaired) electrons. The summed E-state index contributed by atoms with van der Waals surface area (Å²) in [6.07, 6.45) is 19.3. The van der Waals surface area contributed by atoms with Gasteiger partial charge in [-0.25, -0.2) is 0 Å². The van der Waals surface area contributed by atoms with E-state index in [4.69, 9.17) is 4.74 Å². The van der Waals surface area contributed by atoms with Crippen LogP contribution in [0.25, 0.3) is 0 Å². The standard InChI is InChI=1S/C21H29BrO3/c1-24-21(23)15-12-14-20-17-16-19(25-20)13-10-8-6-4-2-3-5-7-9-11-18-22/h6-9,11,18-20H,2-5,12,14-17H2,1H3/b8-6+,9-7-,18-11+/t19-,20-/m1/s1. The fraction of sp³-hybridized carbons (Fsp3) is 0.571. The van der Waals surface area contributed by atoms with E-state index in [9.17, 15) is 4.79 Å². The molecule has 0 amide bonds. The lowest BCUT2D eigenvalue weighted by atomic mass is 10.1. The minimum absolute atomic E-state index is 0.0420. The maximum atomic E-state index is 11.1. The van der Waals surface area contributed by atoms with Crippen LogP contribution in [-0.4, -0.2) is 25.3 Å². The molecule has 25 heavy (non-hydrogen) atoms. The van der Waals surface area contributed by atoms with E-state index in [1.807, 2.05) is 17.1 Å². The number of carbonyl (C=O) groups excluding carboxylic acids is 1. The predicted octanol–water partition coefficient (Wildman–Crippen LogP) is 5.46. The van der Waals surface area contributed by atoms with Crippen LogP contribution in [0.2, 0.25) is 0 Å². The molecule has 2 atom stereocenters. The van der Waals surface area contributed by atoms with Crippen molar-refractivity contribution in [2.45, 2.75) is 70.0 Å². The van der Waals surface area contributed by atoms with Crippen molar-refractivity contribution in [2.24, 2.45) is 0 Å². The van der Waals surface area contributed by atoms with Crippen LogP contribution in [0.3, 0.4) is 0 Å². The van der Waals surface area contributed by atoms with Crippen LogP contribution in [0.4, 0.5) is 0 Å². The van der Waals surface area contributed by atoms with Crippen molar-refractivity contribution < 1.29 is 14.3 Å². The van der Waals surface area contributed by atoms with E-state index in [0.29, 0.717) is 6.42 Å². The van der Waals surface area contributed by atoms with Gasteiger partial charge in [0.1, 0.15) is 6.10 Å². The Morgan fingerprint density at radius 3 is 2.76 bits per heavy atom. The summed E-state index contributed by atoms with van der Waals surface area (Å²) in [5.41, 5.74) is 0. The van der Waals surface area contributed by atoms with Gasteiger partial charge in [-0.05, 0) is 62.4 Å². The molecule has 0 spiro atoms. The highest BCUT2D eigenvalue weighted by atomic mass is 79.9. The summed E-state index contributed by atoms with van der Waals surface area (Å²) in [4.78, 5) is 12.9. The zero-order chi connectivity index (χ0) is 18.2. The molecule has 1 saturated heterocycles. The van der Waals surface area contributed by atoms with E-state index in [1.165, 1.54) is 20.0 Å². The average Bonchev–Trinajstić information content (AvgIpc) is 3.07. The molecule has 0 N–H and O–H groups in total. The fourth-order valence-electron chi connectivity index (χ4n) is 2.62. The van der Waals surface area contributed by atoms with Gasteiger partial charge in [-0.15, -0.1) is 0 Å². The molecular weight excluding hydrogens is 380 g/mol. The molecule has 138 valence electrons. The van der Waals surface area contributed by atoms with Gasteiger partial charge < -0.3 is 9.47 Å². The molecule has 3 nitrogen and oxygen atoms in total. The van der Waals surface area contributed by atoms with E-state index in [0.717, 1.165) is 38.5 Å². The van der Waals surface area contributed by atoms with Crippen LogP contribution >= 0.6 is 15.9 Å². The number of allylic oxidation sites excluding steroid dienone is 5. The number of ether oxygens (including phenoxy) is 2. The average molecular weight is 409 g/mol. The minimum atomic E-state index is -0.147. The normalized spacial score (nSPS) is 20.4. The van der Waals surface area contributed by atoms with Gasteiger partial charge in [0.2, 0.25) is 0 Å². The third-order valence-electron chi connectivity index (χ3n) is 4.00. The van der Waals surface area contributed by atoms with Gasteiger partial charge in [0.05, 0.1) is 13.2 Å². The van der Waals surface area contributed by atoms with Gasteiger partial charge in [-0.1, -0.05) is 52.1 Å². The highest BCUT2D eigenvalue weighted by Crippen LogP contribution is 2.23. The van der Waals surface area contributed by atoms with Gasteiger partial charge in [0.25, 0.3) is 0 Å². The molecule has 0 aromatic heterocycles. The molecule has 1 rings (SSSR count). The van der Waals surface area contributed by atoms with Gasteiger partial charge in [-0.2, -0.15) is 0 Å². The van der Waals surface area contributed by atoms with Crippen molar-refractivity contribution in [2.75, 3.05) is 7.11 Å². The maximum absolute atomic E-state index is 11.1. The molecule has 4 heteroatoms. The summed E-state index contributed by atoms with van der Waals surface area (Å²) in [6, 6.07) is 0. The first kappa shape index (κ1) is 21.7. The summed E-state index contributed by atoms with van der Waals surface area (Å²) in [5.74, 6) is 6.12. The van der Waals surface area contributed by atoms with Gasteiger partial charge in [-0.3, -0.25) is 4.79 Å². The van der Waals surface area contributed by atoms with Crippen LogP contribution in [0.1, 0.15) is 57.8 Å². The maximum Gasteiger partial charge on any atom is 0.305 e. The van der Waals surface area contributed by atoms with E-state index >= 15 is 0 Å². The quantitative estimate of drug-likeness (QED) is 0.208. The molecule has 0 saturated carbocycles. The smallest absolute Gasteiger partial charge is 0.305 e. The van der Waals surface area contributed by atoms with Crippen LogP contribution in [-0.2, 0) is 14.3 Å². The van der Waals surface area contributed by atoms with Crippen molar-refractivity contribution in [1.29, 1.82) is 0 Å². The molecule has 1 heterocycles. The lowest BCUT2D eigenvalue weighted by Gasteiger charge is -2.09. The second-order valence-corrected chi connectivity index (χ2v) is 6.54. The third kappa shape index (κ3) is 11.8. The van der Waals surface area contributed by atoms with Crippen molar-refractivity contribution in [1.82, 2.24) is 0 Å². The first-order valence-corrected chi connectivity index (χ1v) is 9.98. The SMILES string of the molecule is COC(=O)CCC[C@@H]1CC[C@@H](C#C/C=C/CCCC/C=C\C=C\Br)O1. The summed E-state index contributed by atoms with van der Waals surface area (Å²) >= 11 is 3.23. The number of hydrogen-bond donors (Lipinski definition) is 0. The van der Waals surface area contributed by atoms with E-state index in [-0.39, 0.29) is 18.2 Å². The van der Waals surface area contributed by atoms with Crippen LogP contribution < -0.4 is 0 Å². The van der Waals surface area contributed by atoms with Gasteiger partial charge in [0.15, 0.2) is 0 Å². The fourth-order valence-corrected chi connectivity index (χ4v) is 2.80. The highest BCUT2D eigenvalue weighted by molar-refractivity contribution is 9.11. The van der Waals surface area contributed by atoms with Crippen LogP contribution in [0.15, 0.2) is 35.4 Å². The van der Waals surface area contributed by atoms with E-state index in [1.54, 1.807) is 0 Å². The van der Waals surface area contributed by atoms with Crippen LogP contribution in [0.5, 0.6) is 0 Å². The number of hydrogen-bond acceptors (Lipinski definition) is 3. The Kier molecular flexibility index (Phi) is 13.0. The summed E-state index contributed by atoms with van der Waals surface area (Å²) < 4.78 is 10.5. The van der Waals surface area contributed by atoms with Crippen LogP contribution in [0, 0.1) is 11.8 Å². The molecule has 0 bridgehead atoms.